The first-order valence-electron chi connectivity index (χ1n) is 4.00. The molecule has 2 heteroatoms. The Labute approximate surface area is 87.3 Å². The monoisotopic (exact) mass is 276 g/mol. The fourth-order valence-corrected chi connectivity index (χ4v) is 1.66. The maximum absolute atomic E-state index is 5.21. The average molecular weight is 276 g/mol. The molecule has 0 aliphatic rings. The fraction of sp³-hybridized carbons (Fsp3) is 0.400. The molecule has 0 saturated carbocycles. The normalized spacial score (nSPS) is 12.9. The third-order valence-corrected chi connectivity index (χ3v) is 2.92. The molecule has 1 aromatic rings. The zero-order valence-electron chi connectivity index (χ0n) is 7.38. The number of ether oxygens (including phenoxy) is 1. The quantitative estimate of drug-likeness (QED) is 0.771. The predicted molar refractivity (Wildman–Crippen MR) is 59.3 cm³/mol. The van der Waals surface area contributed by atoms with Crippen LogP contribution in [-0.2, 0) is 11.2 Å². The summed E-state index contributed by atoms with van der Waals surface area (Å²) in [6, 6.07) is 8.40. The van der Waals surface area contributed by atoms with Gasteiger partial charge in [-0.15, -0.1) is 0 Å². The van der Waals surface area contributed by atoms with E-state index < -0.39 is 0 Å². The summed E-state index contributed by atoms with van der Waals surface area (Å²) in [5.41, 5.74) is 1.37. The van der Waals surface area contributed by atoms with Crippen molar-refractivity contribution in [2.24, 2.45) is 0 Å². The van der Waals surface area contributed by atoms with E-state index >= 15 is 0 Å². The lowest BCUT2D eigenvalue weighted by atomic mass is 10.1. The van der Waals surface area contributed by atoms with E-state index in [1.807, 2.05) is 0 Å². The van der Waals surface area contributed by atoms with Crippen LogP contribution >= 0.6 is 22.6 Å². The van der Waals surface area contributed by atoms with E-state index in [0.717, 1.165) is 6.42 Å². The topological polar surface area (TPSA) is 9.23 Å². The molecule has 0 saturated heterocycles. The van der Waals surface area contributed by atoms with Crippen LogP contribution in [0.1, 0.15) is 12.5 Å². The van der Waals surface area contributed by atoms with Gasteiger partial charge in [0.2, 0.25) is 0 Å². The van der Waals surface area contributed by atoms with E-state index in [-0.39, 0.29) is 0 Å². The standard InChI is InChI=1S/C10H13IO/c1-8(12-2)7-9-5-3-4-6-10(9)11/h3-6,8H,7H2,1-2H3. The van der Waals surface area contributed by atoms with Gasteiger partial charge in [0.05, 0.1) is 6.10 Å². The zero-order valence-corrected chi connectivity index (χ0v) is 9.54. The Balaban J connectivity index is 2.69. The summed E-state index contributed by atoms with van der Waals surface area (Å²) < 4.78 is 6.52. The molecule has 0 aromatic heterocycles. The van der Waals surface area contributed by atoms with Crippen LogP contribution < -0.4 is 0 Å². The molecule has 0 bridgehead atoms. The van der Waals surface area contributed by atoms with Crippen LogP contribution in [0.15, 0.2) is 24.3 Å². The van der Waals surface area contributed by atoms with Crippen LogP contribution in [-0.4, -0.2) is 13.2 Å². The van der Waals surface area contributed by atoms with E-state index in [4.69, 9.17) is 4.74 Å². The lowest BCUT2D eigenvalue weighted by Crippen LogP contribution is -2.09. The van der Waals surface area contributed by atoms with E-state index in [1.165, 1.54) is 9.13 Å². The molecule has 12 heavy (non-hydrogen) atoms. The Morgan fingerprint density at radius 1 is 1.42 bits per heavy atom. The molecule has 0 aliphatic carbocycles. The van der Waals surface area contributed by atoms with Gasteiger partial charge in [0.1, 0.15) is 0 Å². The number of hydrogen-bond donors (Lipinski definition) is 0. The smallest absolute Gasteiger partial charge is 0.0583 e. The largest absolute Gasteiger partial charge is 0.381 e. The van der Waals surface area contributed by atoms with Crippen molar-refractivity contribution in [1.82, 2.24) is 0 Å². The predicted octanol–water partition coefficient (Wildman–Crippen LogP) is 2.87. The highest BCUT2D eigenvalue weighted by atomic mass is 127. The maximum Gasteiger partial charge on any atom is 0.0583 e. The first kappa shape index (κ1) is 9.99. The first-order valence-corrected chi connectivity index (χ1v) is 5.08. The van der Waals surface area contributed by atoms with Gasteiger partial charge in [-0.2, -0.15) is 0 Å². The number of methoxy groups -OCH3 is 1. The van der Waals surface area contributed by atoms with E-state index in [2.05, 4.69) is 53.8 Å². The molecule has 1 atom stereocenters. The zero-order chi connectivity index (χ0) is 8.97. The minimum absolute atomic E-state index is 0.306. The summed E-state index contributed by atoms with van der Waals surface area (Å²) in [4.78, 5) is 0. The minimum atomic E-state index is 0.306. The number of hydrogen-bond acceptors (Lipinski definition) is 1. The van der Waals surface area contributed by atoms with E-state index in [9.17, 15) is 0 Å². The van der Waals surface area contributed by atoms with Crippen molar-refractivity contribution in [3.63, 3.8) is 0 Å². The fourth-order valence-electron chi connectivity index (χ4n) is 1.06. The molecule has 0 radical (unpaired) electrons. The summed E-state index contributed by atoms with van der Waals surface area (Å²) >= 11 is 2.35. The molecular weight excluding hydrogens is 263 g/mol. The van der Waals surface area contributed by atoms with Crippen LogP contribution in [0.2, 0.25) is 0 Å². The van der Waals surface area contributed by atoms with Gasteiger partial charge in [0.15, 0.2) is 0 Å². The Hall–Kier alpha value is -0.0900. The van der Waals surface area contributed by atoms with Crippen molar-refractivity contribution >= 4 is 22.6 Å². The van der Waals surface area contributed by atoms with Gasteiger partial charge in [-0.3, -0.25) is 0 Å². The third-order valence-electron chi connectivity index (χ3n) is 1.87. The molecule has 0 heterocycles. The Morgan fingerprint density at radius 3 is 2.67 bits per heavy atom. The SMILES string of the molecule is COC(C)Cc1ccccc1I. The second-order valence-electron chi connectivity index (χ2n) is 2.84. The molecule has 1 nitrogen and oxygen atoms in total. The Kier molecular flexibility index (Phi) is 4.01. The van der Waals surface area contributed by atoms with Gasteiger partial charge in [0.25, 0.3) is 0 Å². The molecule has 0 fully saturated rings. The highest BCUT2D eigenvalue weighted by molar-refractivity contribution is 14.1. The molecule has 1 unspecified atom stereocenters. The number of halogens is 1. The summed E-state index contributed by atoms with van der Waals surface area (Å²) in [7, 11) is 1.75. The molecule has 1 rings (SSSR count). The van der Waals surface area contributed by atoms with Crippen LogP contribution in [0.4, 0.5) is 0 Å². The number of rotatable bonds is 3. The summed E-state index contributed by atoms with van der Waals surface area (Å²) in [5, 5.41) is 0. The Morgan fingerprint density at radius 2 is 2.08 bits per heavy atom. The summed E-state index contributed by atoms with van der Waals surface area (Å²) in [5.74, 6) is 0. The molecule has 0 aliphatic heterocycles. The highest BCUT2D eigenvalue weighted by Crippen LogP contribution is 2.13. The van der Waals surface area contributed by atoms with Crippen molar-refractivity contribution in [3.8, 4) is 0 Å². The molecule has 66 valence electrons. The van der Waals surface area contributed by atoms with Gasteiger partial charge in [-0.05, 0) is 47.6 Å². The summed E-state index contributed by atoms with van der Waals surface area (Å²) in [6.07, 6.45) is 1.30. The molecule has 0 N–H and O–H groups in total. The lowest BCUT2D eigenvalue weighted by Gasteiger charge is -2.10. The van der Waals surface area contributed by atoms with Crippen LogP contribution in [0.5, 0.6) is 0 Å². The van der Waals surface area contributed by atoms with Gasteiger partial charge >= 0.3 is 0 Å². The lowest BCUT2D eigenvalue weighted by molar-refractivity contribution is 0.118. The Bertz CT molecular complexity index is 247. The first-order chi connectivity index (χ1) is 5.74. The third kappa shape index (κ3) is 2.75. The van der Waals surface area contributed by atoms with Gasteiger partial charge in [-0.1, -0.05) is 18.2 Å². The second-order valence-corrected chi connectivity index (χ2v) is 4.00. The average Bonchev–Trinajstić information content (AvgIpc) is 2.09. The highest BCUT2D eigenvalue weighted by Gasteiger charge is 2.03. The molecule has 1 aromatic carbocycles. The van der Waals surface area contributed by atoms with Crippen LogP contribution in [0.3, 0.4) is 0 Å². The molecular formula is C10H13IO. The summed E-state index contributed by atoms with van der Waals surface area (Å²) in [6.45, 7) is 2.09. The number of benzene rings is 1. The van der Waals surface area contributed by atoms with Crippen molar-refractivity contribution in [2.75, 3.05) is 7.11 Å². The van der Waals surface area contributed by atoms with E-state index in [1.54, 1.807) is 7.11 Å². The van der Waals surface area contributed by atoms with Crippen LogP contribution in [0.25, 0.3) is 0 Å². The van der Waals surface area contributed by atoms with Crippen LogP contribution in [0, 0.1) is 3.57 Å². The minimum Gasteiger partial charge on any atom is -0.381 e. The van der Waals surface area contributed by atoms with Gasteiger partial charge in [0, 0.05) is 10.7 Å². The van der Waals surface area contributed by atoms with Crippen molar-refractivity contribution in [3.05, 3.63) is 33.4 Å². The molecule has 0 amide bonds. The van der Waals surface area contributed by atoms with E-state index in [0.29, 0.717) is 6.10 Å². The van der Waals surface area contributed by atoms with Crippen molar-refractivity contribution in [1.29, 1.82) is 0 Å². The maximum atomic E-state index is 5.21. The van der Waals surface area contributed by atoms with Crippen molar-refractivity contribution < 1.29 is 4.74 Å². The van der Waals surface area contributed by atoms with Crippen molar-refractivity contribution in [2.45, 2.75) is 19.4 Å². The molecule has 0 spiro atoms. The van der Waals surface area contributed by atoms with Gasteiger partial charge < -0.3 is 4.74 Å². The van der Waals surface area contributed by atoms with Gasteiger partial charge in [-0.25, -0.2) is 0 Å². The second kappa shape index (κ2) is 4.82.